The Hall–Kier alpha value is -0.660. The van der Waals surface area contributed by atoms with Gasteiger partial charge in [0.1, 0.15) is 0 Å². The fraction of sp³-hybridized carbons (Fsp3) is 0.727. The maximum Gasteiger partial charge on any atom is 0.223 e. The number of carbonyl (C=O) groups is 1. The first-order valence-electron chi connectivity index (χ1n) is 5.23. The van der Waals surface area contributed by atoms with Crippen molar-refractivity contribution >= 4 is 5.91 Å². The highest BCUT2D eigenvalue weighted by Gasteiger charge is 2.50. The molecule has 4 rings (SSSR count). The van der Waals surface area contributed by atoms with Crippen LogP contribution in [-0.4, -0.2) is 11.9 Å². The maximum atomic E-state index is 11.6. The zero-order valence-corrected chi connectivity index (χ0v) is 7.75. The lowest BCUT2D eigenvalue weighted by Gasteiger charge is -2.38. The normalized spacial score (nSPS) is 47.8. The Morgan fingerprint density at radius 2 is 1.85 bits per heavy atom. The lowest BCUT2D eigenvalue weighted by molar-refractivity contribution is -0.125. The third kappa shape index (κ3) is 1.01. The minimum absolute atomic E-state index is 0.299. The number of hydrogen-bond donors (Lipinski definition) is 1. The van der Waals surface area contributed by atoms with Crippen molar-refractivity contribution < 1.29 is 4.79 Å². The molecular weight excluding hydrogens is 162 g/mol. The summed E-state index contributed by atoms with van der Waals surface area (Å²) < 4.78 is 0. The van der Waals surface area contributed by atoms with Gasteiger partial charge in [0.05, 0.1) is 11.8 Å². The summed E-state index contributed by atoms with van der Waals surface area (Å²) in [6, 6.07) is 0.459. The van der Waals surface area contributed by atoms with E-state index in [0.29, 0.717) is 29.7 Å². The molecule has 1 N–H and O–H groups in total. The SMILES string of the molecule is [CH2-][C+]1C2CC3CC1CC(C2)C(=O)N3. The van der Waals surface area contributed by atoms with E-state index in [1.807, 2.05) is 0 Å². The van der Waals surface area contributed by atoms with Crippen LogP contribution in [0.15, 0.2) is 0 Å². The van der Waals surface area contributed by atoms with Gasteiger partial charge in [0.2, 0.25) is 5.91 Å². The van der Waals surface area contributed by atoms with Crippen LogP contribution in [0.25, 0.3) is 0 Å². The van der Waals surface area contributed by atoms with Crippen LogP contribution >= 0.6 is 0 Å². The zero-order valence-electron chi connectivity index (χ0n) is 7.75. The minimum Gasteiger partial charge on any atom is -0.353 e. The van der Waals surface area contributed by atoms with Crippen molar-refractivity contribution in [2.45, 2.75) is 31.7 Å². The smallest absolute Gasteiger partial charge is 0.223 e. The van der Waals surface area contributed by atoms with Gasteiger partial charge in [0.25, 0.3) is 0 Å². The third-order valence-electron chi connectivity index (χ3n) is 4.04. The average molecular weight is 177 g/mol. The molecule has 2 aliphatic heterocycles. The largest absolute Gasteiger partial charge is 0.353 e. The van der Waals surface area contributed by atoms with E-state index >= 15 is 0 Å². The molecule has 2 saturated heterocycles. The molecule has 2 saturated carbocycles. The molecule has 0 radical (unpaired) electrons. The molecule has 4 fully saturated rings. The Balaban J connectivity index is 1.96. The molecule has 2 unspecified atom stereocenters. The molecule has 0 aromatic carbocycles. The topological polar surface area (TPSA) is 29.1 Å². The number of fused-ring (bicyclic) bond motifs is 1. The van der Waals surface area contributed by atoms with E-state index in [9.17, 15) is 4.79 Å². The van der Waals surface area contributed by atoms with E-state index in [1.54, 1.807) is 0 Å². The lowest BCUT2D eigenvalue weighted by atomic mass is 9.62. The summed E-state index contributed by atoms with van der Waals surface area (Å²) in [6.07, 6.45) is 4.44. The Morgan fingerprint density at radius 3 is 2.46 bits per heavy atom. The van der Waals surface area contributed by atoms with Crippen LogP contribution in [0.4, 0.5) is 0 Å². The molecule has 2 heterocycles. The Morgan fingerprint density at radius 1 is 1.23 bits per heavy atom. The first kappa shape index (κ1) is 7.72. The molecule has 1 amide bonds. The van der Waals surface area contributed by atoms with E-state index in [0.717, 1.165) is 25.7 Å². The van der Waals surface area contributed by atoms with Gasteiger partial charge in [-0.15, -0.1) is 6.92 Å². The molecule has 4 bridgehead atoms. The molecule has 13 heavy (non-hydrogen) atoms. The Labute approximate surface area is 79.1 Å². The van der Waals surface area contributed by atoms with Gasteiger partial charge in [-0.25, -0.2) is 0 Å². The second kappa shape index (κ2) is 2.43. The van der Waals surface area contributed by atoms with Gasteiger partial charge in [-0.3, -0.25) is 4.79 Å². The van der Waals surface area contributed by atoms with Gasteiger partial charge in [0, 0.05) is 24.8 Å². The van der Waals surface area contributed by atoms with Gasteiger partial charge in [-0.2, -0.15) is 0 Å². The van der Waals surface area contributed by atoms with E-state index in [4.69, 9.17) is 0 Å². The Kier molecular flexibility index (Phi) is 1.44. The highest BCUT2D eigenvalue weighted by molar-refractivity contribution is 5.80. The number of nitrogens with one attached hydrogen (secondary N) is 1. The molecule has 2 aliphatic carbocycles. The molecule has 0 spiro atoms. The second-order valence-corrected chi connectivity index (χ2v) is 4.81. The number of amides is 1. The molecule has 70 valence electrons. The fourth-order valence-electron chi connectivity index (χ4n) is 3.35. The van der Waals surface area contributed by atoms with Gasteiger partial charge < -0.3 is 5.32 Å². The molecule has 2 nitrogen and oxygen atoms in total. The summed E-state index contributed by atoms with van der Waals surface area (Å²) in [5, 5.41) is 3.14. The predicted octanol–water partition coefficient (Wildman–Crippen LogP) is 1.33. The van der Waals surface area contributed by atoms with Crippen LogP contribution in [-0.2, 0) is 4.79 Å². The molecule has 2 heteroatoms. The minimum atomic E-state index is 0.299. The second-order valence-electron chi connectivity index (χ2n) is 4.81. The summed E-state index contributed by atoms with van der Waals surface area (Å²) in [5.74, 6) is 3.32. The highest BCUT2D eigenvalue weighted by Crippen LogP contribution is 2.49. The summed E-state index contributed by atoms with van der Waals surface area (Å²) in [7, 11) is 0. The average Bonchev–Trinajstić information content (AvgIpc) is 2.25. The van der Waals surface area contributed by atoms with E-state index in [2.05, 4.69) is 12.2 Å². The number of rotatable bonds is 0. The maximum absolute atomic E-state index is 11.6. The number of carbonyl (C=O) groups excluding carboxylic acids is 1. The summed E-state index contributed by atoms with van der Waals surface area (Å²) in [5.41, 5.74) is 0. The third-order valence-corrected chi connectivity index (χ3v) is 4.04. The monoisotopic (exact) mass is 177 g/mol. The first-order chi connectivity index (χ1) is 6.24. The van der Waals surface area contributed by atoms with Gasteiger partial charge in [-0.05, 0) is 12.8 Å². The van der Waals surface area contributed by atoms with Crippen LogP contribution in [0.5, 0.6) is 0 Å². The van der Waals surface area contributed by atoms with Crippen LogP contribution in [0.1, 0.15) is 25.7 Å². The van der Waals surface area contributed by atoms with Crippen molar-refractivity contribution in [2.24, 2.45) is 17.8 Å². The van der Waals surface area contributed by atoms with Crippen LogP contribution in [0.2, 0.25) is 0 Å². The quantitative estimate of drug-likeness (QED) is 0.556. The predicted molar refractivity (Wildman–Crippen MR) is 49.5 cm³/mol. The standard InChI is InChI=1S/C11H15NO/c1-6-7-2-9-3-8(6)5-10(4-7)12-11(9)13/h7-10H,1-5H2,(H,12,13). The molecule has 0 aromatic heterocycles. The van der Waals surface area contributed by atoms with Gasteiger partial charge in [0.15, 0.2) is 0 Å². The van der Waals surface area contributed by atoms with Crippen LogP contribution < -0.4 is 5.32 Å². The van der Waals surface area contributed by atoms with Crippen molar-refractivity contribution in [3.05, 3.63) is 12.8 Å². The summed E-state index contributed by atoms with van der Waals surface area (Å²) >= 11 is 0. The van der Waals surface area contributed by atoms with E-state index in [1.165, 1.54) is 5.92 Å². The van der Waals surface area contributed by atoms with Crippen LogP contribution in [0, 0.1) is 30.6 Å². The zero-order chi connectivity index (χ0) is 9.00. The molecule has 0 aromatic rings. The number of hydrogen-bond acceptors (Lipinski definition) is 1. The fourth-order valence-corrected chi connectivity index (χ4v) is 3.35. The molecule has 4 aliphatic rings. The molecular formula is C11H15NO. The highest BCUT2D eigenvalue weighted by atomic mass is 16.2. The Bertz CT molecular complexity index is 234. The summed E-state index contributed by atoms with van der Waals surface area (Å²) in [4.78, 5) is 11.6. The van der Waals surface area contributed by atoms with E-state index < -0.39 is 0 Å². The first-order valence-corrected chi connectivity index (χ1v) is 5.23. The van der Waals surface area contributed by atoms with Crippen molar-refractivity contribution in [2.75, 3.05) is 0 Å². The van der Waals surface area contributed by atoms with E-state index in [-0.39, 0.29) is 0 Å². The summed E-state index contributed by atoms with van der Waals surface area (Å²) in [6.45, 7) is 4.18. The van der Waals surface area contributed by atoms with Crippen molar-refractivity contribution in [3.63, 3.8) is 0 Å². The molecule has 2 atom stereocenters. The van der Waals surface area contributed by atoms with Crippen molar-refractivity contribution in [1.29, 1.82) is 0 Å². The van der Waals surface area contributed by atoms with Crippen LogP contribution in [0.3, 0.4) is 0 Å². The van der Waals surface area contributed by atoms with Gasteiger partial charge in [-0.1, -0.05) is 5.92 Å². The van der Waals surface area contributed by atoms with Crippen molar-refractivity contribution in [3.8, 4) is 0 Å². The van der Waals surface area contributed by atoms with Gasteiger partial charge >= 0.3 is 0 Å². The lowest BCUT2D eigenvalue weighted by Crippen LogP contribution is -2.38. The van der Waals surface area contributed by atoms with Crippen molar-refractivity contribution in [1.82, 2.24) is 5.32 Å².